The Hall–Kier alpha value is -2.60. The van der Waals surface area contributed by atoms with Gasteiger partial charge in [-0.05, 0) is 36.6 Å². The summed E-state index contributed by atoms with van der Waals surface area (Å²) in [6, 6.07) is 10.6. The minimum atomic E-state index is -0.555. The van der Waals surface area contributed by atoms with Crippen LogP contribution in [0, 0.1) is 0 Å². The fourth-order valence-corrected chi connectivity index (χ4v) is 3.05. The zero-order chi connectivity index (χ0) is 17.8. The van der Waals surface area contributed by atoms with Gasteiger partial charge in [0.2, 0.25) is 5.91 Å². The molecule has 0 aliphatic carbocycles. The molecule has 0 saturated heterocycles. The van der Waals surface area contributed by atoms with Crippen molar-refractivity contribution in [2.45, 2.75) is 38.4 Å². The highest BCUT2D eigenvalue weighted by molar-refractivity contribution is 5.96. The largest absolute Gasteiger partial charge is 0.459 e. The van der Waals surface area contributed by atoms with Gasteiger partial charge < -0.3 is 20.4 Å². The summed E-state index contributed by atoms with van der Waals surface area (Å²) < 4.78 is 5.24. The molecule has 2 amide bonds. The van der Waals surface area contributed by atoms with Crippen LogP contribution in [0.25, 0.3) is 0 Å². The predicted octanol–water partition coefficient (Wildman–Crippen LogP) is 1.70. The number of fused-ring (bicyclic) bond motifs is 1. The van der Waals surface area contributed by atoms with Crippen LogP contribution in [0.15, 0.2) is 47.1 Å². The summed E-state index contributed by atoms with van der Waals surface area (Å²) in [5, 5.41) is 2.90. The Kier molecular flexibility index (Phi) is 5.19. The van der Waals surface area contributed by atoms with Crippen molar-refractivity contribution in [1.82, 2.24) is 10.2 Å². The molecule has 3 rings (SSSR count). The van der Waals surface area contributed by atoms with E-state index in [4.69, 9.17) is 10.2 Å². The Morgan fingerprint density at radius 2 is 2.04 bits per heavy atom. The summed E-state index contributed by atoms with van der Waals surface area (Å²) in [7, 11) is 0. The number of hydrogen-bond acceptors (Lipinski definition) is 4. The molecule has 0 spiro atoms. The number of benzene rings is 1. The van der Waals surface area contributed by atoms with Crippen molar-refractivity contribution < 1.29 is 14.0 Å². The molecule has 0 bridgehead atoms. The van der Waals surface area contributed by atoms with E-state index in [1.165, 1.54) is 6.26 Å². The predicted molar refractivity (Wildman–Crippen MR) is 93.8 cm³/mol. The lowest BCUT2D eigenvalue weighted by Gasteiger charge is -2.35. The Bertz CT molecular complexity index is 740. The van der Waals surface area contributed by atoms with E-state index >= 15 is 0 Å². The summed E-state index contributed by atoms with van der Waals surface area (Å²) in [6.07, 6.45) is 2.65. The van der Waals surface area contributed by atoms with Crippen LogP contribution in [0.1, 0.15) is 35.0 Å². The maximum Gasteiger partial charge on any atom is 0.290 e. The molecule has 6 heteroatoms. The highest BCUT2D eigenvalue weighted by atomic mass is 16.3. The van der Waals surface area contributed by atoms with Gasteiger partial charge in [0.15, 0.2) is 5.76 Å². The first-order valence-electron chi connectivity index (χ1n) is 8.51. The van der Waals surface area contributed by atoms with Crippen LogP contribution >= 0.6 is 0 Å². The molecule has 132 valence electrons. The lowest BCUT2D eigenvalue weighted by atomic mass is 9.93. The van der Waals surface area contributed by atoms with Crippen molar-refractivity contribution in [2.75, 3.05) is 6.54 Å². The van der Waals surface area contributed by atoms with Crippen LogP contribution in [0.2, 0.25) is 0 Å². The lowest BCUT2D eigenvalue weighted by molar-refractivity contribution is -0.126. The van der Waals surface area contributed by atoms with Gasteiger partial charge in [0.05, 0.1) is 6.26 Å². The molecule has 6 nitrogen and oxygen atoms in total. The lowest BCUT2D eigenvalue weighted by Crippen LogP contribution is -2.52. The second-order valence-corrected chi connectivity index (χ2v) is 6.46. The molecule has 1 aromatic carbocycles. The van der Waals surface area contributed by atoms with Crippen molar-refractivity contribution in [3.05, 3.63) is 59.5 Å². The first kappa shape index (κ1) is 17.2. The monoisotopic (exact) mass is 341 g/mol. The molecule has 25 heavy (non-hydrogen) atoms. The topological polar surface area (TPSA) is 88.6 Å². The average Bonchev–Trinajstić information content (AvgIpc) is 3.14. The summed E-state index contributed by atoms with van der Waals surface area (Å²) in [5.41, 5.74) is 7.88. The quantitative estimate of drug-likeness (QED) is 0.866. The van der Waals surface area contributed by atoms with Gasteiger partial charge in [0.25, 0.3) is 5.91 Å². The molecule has 0 radical (unpaired) electrons. The second kappa shape index (κ2) is 7.53. The van der Waals surface area contributed by atoms with Crippen LogP contribution in [-0.4, -0.2) is 35.3 Å². The van der Waals surface area contributed by atoms with Crippen molar-refractivity contribution in [3.8, 4) is 0 Å². The van der Waals surface area contributed by atoms with E-state index in [-0.39, 0.29) is 23.6 Å². The molecule has 2 unspecified atom stereocenters. The van der Waals surface area contributed by atoms with Crippen LogP contribution in [-0.2, 0) is 17.8 Å². The summed E-state index contributed by atoms with van der Waals surface area (Å²) in [5.74, 6) is -0.185. The summed E-state index contributed by atoms with van der Waals surface area (Å²) in [4.78, 5) is 27.1. The fraction of sp³-hybridized carbons (Fsp3) is 0.368. The van der Waals surface area contributed by atoms with E-state index in [1.54, 1.807) is 17.0 Å². The number of carbonyl (C=O) groups is 2. The van der Waals surface area contributed by atoms with E-state index in [0.29, 0.717) is 25.9 Å². The number of hydrogen-bond donors (Lipinski definition) is 2. The molecule has 0 saturated carbocycles. The fourth-order valence-electron chi connectivity index (χ4n) is 3.05. The molecular weight excluding hydrogens is 318 g/mol. The first-order valence-corrected chi connectivity index (χ1v) is 8.51. The van der Waals surface area contributed by atoms with E-state index in [0.717, 1.165) is 11.1 Å². The highest BCUT2D eigenvalue weighted by Crippen LogP contribution is 2.25. The summed E-state index contributed by atoms with van der Waals surface area (Å²) >= 11 is 0. The van der Waals surface area contributed by atoms with E-state index in [9.17, 15) is 9.59 Å². The standard InChI is InChI=1S/C19H23N3O3/c1-13(20)8-9-21-18(23)16-11-14-5-2-3-6-15(14)12-22(16)19(24)17-7-4-10-25-17/h2-7,10,13,16H,8-9,11-12,20H2,1H3,(H,21,23). The Morgan fingerprint density at radius 1 is 1.28 bits per heavy atom. The summed E-state index contributed by atoms with van der Waals surface area (Å²) in [6.45, 7) is 2.79. The Labute approximate surface area is 147 Å². The molecule has 3 N–H and O–H groups in total. The number of carbonyl (C=O) groups excluding carboxylic acids is 2. The highest BCUT2D eigenvalue weighted by Gasteiger charge is 2.35. The molecule has 1 aromatic heterocycles. The number of rotatable bonds is 5. The van der Waals surface area contributed by atoms with Gasteiger partial charge in [-0.1, -0.05) is 24.3 Å². The van der Waals surface area contributed by atoms with Crippen LogP contribution in [0.4, 0.5) is 0 Å². The van der Waals surface area contributed by atoms with Crippen LogP contribution < -0.4 is 11.1 Å². The third-order valence-corrected chi connectivity index (χ3v) is 4.44. The number of nitrogens with zero attached hydrogens (tertiary/aromatic N) is 1. The Balaban J connectivity index is 1.81. The third-order valence-electron chi connectivity index (χ3n) is 4.44. The van der Waals surface area contributed by atoms with Crippen LogP contribution in [0.5, 0.6) is 0 Å². The average molecular weight is 341 g/mol. The number of furan rings is 1. The van der Waals surface area contributed by atoms with Gasteiger partial charge in [-0.25, -0.2) is 0 Å². The molecule has 2 aromatic rings. The van der Waals surface area contributed by atoms with Gasteiger partial charge in [0, 0.05) is 25.6 Å². The van der Waals surface area contributed by atoms with Crippen molar-refractivity contribution in [1.29, 1.82) is 0 Å². The minimum Gasteiger partial charge on any atom is -0.459 e. The molecule has 2 atom stereocenters. The van der Waals surface area contributed by atoms with E-state index < -0.39 is 6.04 Å². The molecule has 1 aliphatic heterocycles. The third kappa shape index (κ3) is 3.91. The van der Waals surface area contributed by atoms with Gasteiger partial charge in [-0.15, -0.1) is 0 Å². The first-order chi connectivity index (χ1) is 12.1. The van der Waals surface area contributed by atoms with Gasteiger partial charge in [-0.2, -0.15) is 0 Å². The molecule has 2 heterocycles. The SMILES string of the molecule is CC(N)CCNC(=O)C1Cc2ccccc2CN1C(=O)c1ccco1. The van der Waals surface area contributed by atoms with Crippen molar-refractivity contribution in [3.63, 3.8) is 0 Å². The van der Waals surface area contributed by atoms with Crippen LogP contribution in [0.3, 0.4) is 0 Å². The maximum atomic E-state index is 12.8. The van der Waals surface area contributed by atoms with Crippen molar-refractivity contribution >= 4 is 11.8 Å². The Morgan fingerprint density at radius 3 is 2.72 bits per heavy atom. The minimum absolute atomic E-state index is 0.0215. The van der Waals surface area contributed by atoms with Gasteiger partial charge >= 0.3 is 0 Å². The normalized spacial score (nSPS) is 17.7. The number of amides is 2. The molecule has 1 aliphatic rings. The van der Waals surface area contributed by atoms with Gasteiger partial charge in [0.1, 0.15) is 6.04 Å². The molecule has 0 fully saturated rings. The number of nitrogens with one attached hydrogen (secondary N) is 1. The molecular formula is C19H23N3O3. The zero-order valence-electron chi connectivity index (χ0n) is 14.3. The van der Waals surface area contributed by atoms with E-state index in [1.807, 2.05) is 31.2 Å². The van der Waals surface area contributed by atoms with Crippen molar-refractivity contribution in [2.24, 2.45) is 5.73 Å². The second-order valence-electron chi connectivity index (χ2n) is 6.46. The van der Waals surface area contributed by atoms with E-state index in [2.05, 4.69) is 5.32 Å². The maximum absolute atomic E-state index is 12.8. The smallest absolute Gasteiger partial charge is 0.290 e. The number of nitrogens with two attached hydrogens (primary N) is 1. The van der Waals surface area contributed by atoms with Gasteiger partial charge in [-0.3, -0.25) is 9.59 Å². The zero-order valence-corrected chi connectivity index (χ0v) is 14.3.